The van der Waals surface area contributed by atoms with E-state index < -0.39 is 5.79 Å². The Kier molecular flexibility index (Phi) is 8.07. The summed E-state index contributed by atoms with van der Waals surface area (Å²) in [7, 11) is 3.50. The predicted octanol–water partition coefficient (Wildman–Crippen LogP) is 6.25. The van der Waals surface area contributed by atoms with E-state index in [0.717, 1.165) is 32.1 Å². The summed E-state index contributed by atoms with van der Waals surface area (Å²) in [5.41, 5.74) is 2.49. The minimum atomic E-state index is -0.541. The van der Waals surface area contributed by atoms with E-state index in [2.05, 4.69) is 46.8 Å². The maximum absolute atomic E-state index is 6.96. The fourth-order valence-corrected chi connectivity index (χ4v) is 8.61. The van der Waals surface area contributed by atoms with Crippen LogP contribution in [0.1, 0.15) is 56.9 Å². The Balaban J connectivity index is 1.30. The summed E-state index contributed by atoms with van der Waals surface area (Å²) in [5.74, 6) is 1.01. The molecule has 4 aliphatic rings. The topological polar surface area (TPSA) is 46.2 Å². The van der Waals surface area contributed by atoms with Crippen molar-refractivity contribution >= 4 is 15.9 Å². The molecule has 4 fully saturated rings. The quantitative estimate of drug-likeness (QED) is 0.149. The van der Waals surface area contributed by atoms with E-state index >= 15 is 0 Å². The van der Waals surface area contributed by atoms with Crippen molar-refractivity contribution in [3.63, 3.8) is 0 Å². The highest BCUT2D eigenvalue weighted by Gasteiger charge is 2.61. The van der Waals surface area contributed by atoms with Crippen molar-refractivity contribution in [2.45, 2.75) is 80.8 Å². The lowest BCUT2D eigenvalue weighted by atomic mass is 9.57. The molecule has 5 rings (SSSR count). The zero-order valence-electron chi connectivity index (χ0n) is 21.3. The first-order chi connectivity index (χ1) is 17.0. The van der Waals surface area contributed by atoms with Gasteiger partial charge in [-0.2, -0.15) is 0 Å². The number of hydrogen-bond donors (Lipinski definition) is 0. The van der Waals surface area contributed by atoms with Crippen molar-refractivity contribution in [1.82, 2.24) is 0 Å². The number of rotatable bonds is 10. The molecule has 0 aliphatic heterocycles. The normalized spacial score (nSPS) is 40.7. The minimum absolute atomic E-state index is 0.00257. The molecule has 0 spiro atoms. The molecular formula is C29H41BrO5. The molecular weight excluding hydrogens is 508 g/mol. The summed E-state index contributed by atoms with van der Waals surface area (Å²) in [4.78, 5) is 0.247. The minimum Gasteiger partial charge on any atom is -0.374 e. The first-order valence-corrected chi connectivity index (χ1v) is 14.2. The van der Waals surface area contributed by atoms with Gasteiger partial charge >= 0.3 is 0 Å². The van der Waals surface area contributed by atoms with Crippen molar-refractivity contribution in [3.05, 3.63) is 48.0 Å². The van der Waals surface area contributed by atoms with Gasteiger partial charge in [-0.15, -0.1) is 0 Å². The third-order valence-electron chi connectivity index (χ3n) is 9.32. The van der Waals surface area contributed by atoms with Crippen LogP contribution >= 0.6 is 15.9 Å². The Hall–Kier alpha value is -0.760. The van der Waals surface area contributed by atoms with E-state index in [1.807, 2.05) is 13.2 Å². The molecule has 194 valence electrons. The summed E-state index contributed by atoms with van der Waals surface area (Å²) < 4.78 is 30.7. The summed E-state index contributed by atoms with van der Waals surface area (Å²) >= 11 is 3.97. The Bertz CT molecular complexity index is 860. The van der Waals surface area contributed by atoms with Gasteiger partial charge in [-0.1, -0.05) is 52.8 Å². The summed E-state index contributed by atoms with van der Waals surface area (Å²) in [6, 6.07) is 10.5. The van der Waals surface area contributed by atoms with Gasteiger partial charge in [0.25, 0.3) is 0 Å². The SMILES string of the molecule is C=C1C[C@@]2(COCOC)CC[C@H](OCc3ccccc3)C[C@@H]2C[C@H]1O[C@]1(OC)[C@@H]2CC[C@@H](C2)[C@H]1Br. The van der Waals surface area contributed by atoms with Gasteiger partial charge in [-0.25, -0.2) is 0 Å². The van der Waals surface area contributed by atoms with Crippen LogP contribution in [-0.2, 0) is 30.3 Å². The van der Waals surface area contributed by atoms with E-state index in [1.54, 1.807) is 7.11 Å². The number of methoxy groups -OCH3 is 2. The van der Waals surface area contributed by atoms with Gasteiger partial charge in [-0.3, -0.25) is 0 Å². The van der Waals surface area contributed by atoms with E-state index in [1.165, 1.54) is 30.4 Å². The van der Waals surface area contributed by atoms with Crippen LogP contribution in [0.5, 0.6) is 0 Å². The third kappa shape index (κ3) is 5.04. The summed E-state index contributed by atoms with van der Waals surface area (Å²) in [6.07, 6.45) is 8.93. The largest absolute Gasteiger partial charge is 0.374 e. The van der Waals surface area contributed by atoms with Gasteiger partial charge in [0.15, 0.2) is 5.79 Å². The van der Waals surface area contributed by atoms with Gasteiger partial charge in [0.1, 0.15) is 6.79 Å². The smallest absolute Gasteiger partial charge is 0.184 e. The summed E-state index contributed by atoms with van der Waals surface area (Å²) in [6.45, 7) is 6.23. The molecule has 0 N–H and O–H groups in total. The molecule has 2 bridgehead atoms. The van der Waals surface area contributed by atoms with E-state index in [4.69, 9.17) is 23.7 Å². The number of halogens is 1. The van der Waals surface area contributed by atoms with Crippen LogP contribution in [0.15, 0.2) is 42.5 Å². The zero-order chi connectivity index (χ0) is 24.5. The highest BCUT2D eigenvalue weighted by molar-refractivity contribution is 9.09. The second-order valence-electron chi connectivity index (χ2n) is 11.3. The van der Waals surface area contributed by atoms with Crippen molar-refractivity contribution in [1.29, 1.82) is 0 Å². The van der Waals surface area contributed by atoms with Crippen molar-refractivity contribution in [2.24, 2.45) is 23.2 Å². The van der Waals surface area contributed by atoms with E-state index in [9.17, 15) is 0 Å². The van der Waals surface area contributed by atoms with Crippen LogP contribution in [0.2, 0.25) is 0 Å². The van der Waals surface area contributed by atoms with Crippen molar-refractivity contribution in [3.8, 4) is 0 Å². The van der Waals surface area contributed by atoms with Gasteiger partial charge in [-0.05, 0) is 74.3 Å². The van der Waals surface area contributed by atoms with Crippen LogP contribution in [0.25, 0.3) is 0 Å². The Labute approximate surface area is 219 Å². The lowest BCUT2D eigenvalue weighted by Crippen LogP contribution is -2.54. The standard InChI is InChI=1S/C29H41BrO5/c1-20-16-28(18-33-19-31-2)12-11-25(34-17-21-7-5-4-6-8-21)14-24(28)15-26(20)35-29(32-3)23-10-9-22(13-23)27(29)30/h4-8,22-27H,1,9-19H2,2-3H3/t22-,23+,24+,25-,26+,27+,28+,29+/m0/s1. The highest BCUT2D eigenvalue weighted by atomic mass is 79.9. The Morgan fingerprint density at radius 2 is 1.86 bits per heavy atom. The van der Waals surface area contributed by atoms with Gasteiger partial charge in [0, 0.05) is 25.6 Å². The summed E-state index contributed by atoms with van der Waals surface area (Å²) in [5, 5.41) is 0. The maximum Gasteiger partial charge on any atom is 0.184 e. The number of fused-ring (bicyclic) bond motifs is 3. The number of ether oxygens (including phenoxy) is 5. The van der Waals surface area contributed by atoms with Crippen LogP contribution in [0.4, 0.5) is 0 Å². The van der Waals surface area contributed by atoms with Crippen LogP contribution in [0.3, 0.4) is 0 Å². The third-order valence-corrected chi connectivity index (χ3v) is 10.7. The molecule has 35 heavy (non-hydrogen) atoms. The second-order valence-corrected chi connectivity index (χ2v) is 12.3. The molecule has 0 radical (unpaired) electrons. The molecule has 0 heterocycles. The molecule has 0 saturated heterocycles. The van der Waals surface area contributed by atoms with Gasteiger partial charge in [0.05, 0.1) is 30.2 Å². The number of alkyl halides is 1. The lowest BCUT2D eigenvalue weighted by Gasteiger charge is -2.53. The number of benzene rings is 1. The zero-order valence-corrected chi connectivity index (χ0v) is 22.8. The molecule has 1 aromatic carbocycles. The monoisotopic (exact) mass is 548 g/mol. The first kappa shape index (κ1) is 25.9. The van der Waals surface area contributed by atoms with Gasteiger partial charge in [0.2, 0.25) is 0 Å². The molecule has 4 saturated carbocycles. The maximum atomic E-state index is 6.96. The molecule has 4 aliphatic carbocycles. The molecule has 8 atom stereocenters. The molecule has 0 amide bonds. The van der Waals surface area contributed by atoms with E-state index in [-0.39, 0.29) is 22.5 Å². The highest BCUT2D eigenvalue weighted by Crippen LogP contribution is 2.59. The molecule has 0 unspecified atom stereocenters. The van der Waals surface area contributed by atoms with Crippen molar-refractivity contribution in [2.75, 3.05) is 27.6 Å². The Morgan fingerprint density at radius 1 is 1.03 bits per heavy atom. The number of hydrogen-bond acceptors (Lipinski definition) is 5. The lowest BCUT2D eigenvalue weighted by molar-refractivity contribution is -0.269. The molecule has 5 nitrogen and oxygen atoms in total. The first-order valence-electron chi connectivity index (χ1n) is 13.3. The Morgan fingerprint density at radius 3 is 2.57 bits per heavy atom. The molecule has 0 aromatic heterocycles. The average Bonchev–Trinajstić information content (AvgIpc) is 3.46. The fourth-order valence-electron chi connectivity index (χ4n) is 7.46. The molecule has 6 heteroatoms. The average molecular weight is 550 g/mol. The predicted molar refractivity (Wildman–Crippen MR) is 139 cm³/mol. The second kappa shape index (κ2) is 10.9. The van der Waals surface area contributed by atoms with Gasteiger partial charge < -0.3 is 23.7 Å². The van der Waals surface area contributed by atoms with E-state index in [0.29, 0.717) is 37.8 Å². The fraction of sp³-hybridized carbons (Fsp3) is 0.724. The molecule has 1 aromatic rings. The van der Waals surface area contributed by atoms with Crippen LogP contribution < -0.4 is 0 Å². The van der Waals surface area contributed by atoms with Crippen LogP contribution in [0, 0.1) is 23.2 Å². The van der Waals surface area contributed by atoms with Crippen LogP contribution in [-0.4, -0.2) is 50.4 Å². The van der Waals surface area contributed by atoms with Crippen molar-refractivity contribution < 1.29 is 23.7 Å².